The third kappa shape index (κ3) is 9.52. The molecule has 1 rings (SSSR count). The van der Waals surface area contributed by atoms with Gasteiger partial charge in [-0.15, -0.1) is 0 Å². The molecule has 1 heterocycles. The summed E-state index contributed by atoms with van der Waals surface area (Å²) in [5, 5.41) is 3.70. The van der Waals surface area contributed by atoms with Crippen molar-refractivity contribution in [2.24, 2.45) is 0 Å². The Labute approximate surface area is 134 Å². The Morgan fingerprint density at radius 2 is 1.62 bits per heavy atom. The largest absolute Gasteiger partial charge is 0.311 e. The van der Waals surface area contributed by atoms with Crippen molar-refractivity contribution in [3.05, 3.63) is 0 Å². The lowest BCUT2D eigenvalue weighted by molar-refractivity contribution is 0.136. The SMILES string of the molecule is CCCCCCCCCN1CCCCC1CNC(C)(C)C. The van der Waals surface area contributed by atoms with Crippen molar-refractivity contribution in [2.75, 3.05) is 19.6 Å². The molecule has 1 saturated heterocycles. The van der Waals surface area contributed by atoms with E-state index < -0.39 is 0 Å². The number of likely N-dealkylation sites (tertiary alicyclic amines) is 1. The number of hydrogen-bond donors (Lipinski definition) is 1. The van der Waals surface area contributed by atoms with E-state index in [1.54, 1.807) is 0 Å². The zero-order valence-corrected chi connectivity index (χ0v) is 15.2. The molecule has 1 atom stereocenters. The van der Waals surface area contributed by atoms with Gasteiger partial charge < -0.3 is 5.32 Å². The van der Waals surface area contributed by atoms with Gasteiger partial charge in [0.05, 0.1) is 0 Å². The molecule has 2 heteroatoms. The fraction of sp³-hybridized carbons (Fsp3) is 1.00. The van der Waals surface area contributed by atoms with Crippen LogP contribution in [-0.4, -0.2) is 36.1 Å². The van der Waals surface area contributed by atoms with Crippen LogP contribution in [0.1, 0.15) is 91.9 Å². The van der Waals surface area contributed by atoms with Gasteiger partial charge in [-0.25, -0.2) is 0 Å². The molecule has 0 aliphatic carbocycles. The normalized spacial score (nSPS) is 20.9. The number of rotatable bonds is 10. The van der Waals surface area contributed by atoms with Crippen molar-refractivity contribution in [3.8, 4) is 0 Å². The number of piperidine rings is 1. The van der Waals surface area contributed by atoms with E-state index >= 15 is 0 Å². The Hall–Kier alpha value is -0.0800. The molecule has 1 aliphatic heterocycles. The highest BCUT2D eigenvalue weighted by molar-refractivity contribution is 4.82. The molecule has 0 aromatic carbocycles. The van der Waals surface area contributed by atoms with E-state index in [4.69, 9.17) is 0 Å². The first-order valence-electron chi connectivity index (χ1n) is 9.52. The lowest BCUT2D eigenvalue weighted by Gasteiger charge is -2.37. The second-order valence-electron chi connectivity index (χ2n) is 7.94. The van der Waals surface area contributed by atoms with E-state index in [1.165, 1.54) is 83.8 Å². The molecule has 0 radical (unpaired) electrons. The molecule has 0 bridgehead atoms. The van der Waals surface area contributed by atoms with Crippen molar-refractivity contribution in [1.29, 1.82) is 0 Å². The predicted molar refractivity (Wildman–Crippen MR) is 95.0 cm³/mol. The Balaban J connectivity index is 2.14. The van der Waals surface area contributed by atoms with Crippen molar-refractivity contribution >= 4 is 0 Å². The van der Waals surface area contributed by atoms with E-state index in [2.05, 4.69) is 37.9 Å². The Morgan fingerprint density at radius 3 is 2.29 bits per heavy atom. The molecule has 1 fully saturated rings. The van der Waals surface area contributed by atoms with Gasteiger partial charge in [-0.2, -0.15) is 0 Å². The fourth-order valence-corrected chi connectivity index (χ4v) is 3.28. The minimum Gasteiger partial charge on any atom is -0.311 e. The number of nitrogens with one attached hydrogen (secondary N) is 1. The van der Waals surface area contributed by atoms with Gasteiger partial charge in [-0.05, 0) is 53.1 Å². The van der Waals surface area contributed by atoms with Gasteiger partial charge in [0, 0.05) is 18.1 Å². The van der Waals surface area contributed by atoms with E-state index in [-0.39, 0.29) is 5.54 Å². The summed E-state index contributed by atoms with van der Waals surface area (Å²) in [4.78, 5) is 2.76. The van der Waals surface area contributed by atoms with Crippen LogP contribution in [0.25, 0.3) is 0 Å². The summed E-state index contributed by atoms with van der Waals surface area (Å²) < 4.78 is 0. The average Bonchev–Trinajstić information content (AvgIpc) is 2.44. The highest BCUT2D eigenvalue weighted by Crippen LogP contribution is 2.18. The van der Waals surface area contributed by atoms with Gasteiger partial charge >= 0.3 is 0 Å². The molecule has 0 aromatic heterocycles. The summed E-state index contributed by atoms with van der Waals surface area (Å²) in [6, 6.07) is 0.776. The highest BCUT2D eigenvalue weighted by Gasteiger charge is 2.23. The van der Waals surface area contributed by atoms with Crippen molar-refractivity contribution < 1.29 is 0 Å². The molecular weight excluding hydrogens is 256 g/mol. The van der Waals surface area contributed by atoms with Crippen LogP contribution in [0.4, 0.5) is 0 Å². The molecule has 126 valence electrons. The lowest BCUT2D eigenvalue weighted by atomic mass is 9.99. The van der Waals surface area contributed by atoms with E-state index in [0.717, 1.165) is 6.04 Å². The Bertz CT molecular complexity index is 244. The van der Waals surface area contributed by atoms with Gasteiger partial charge in [-0.3, -0.25) is 4.90 Å². The molecule has 0 aromatic rings. The van der Waals surface area contributed by atoms with Gasteiger partial charge in [0.2, 0.25) is 0 Å². The number of unbranched alkanes of at least 4 members (excludes halogenated alkanes) is 6. The van der Waals surface area contributed by atoms with E-state index in [1.807, 2.05) is 0 Å². The van der Waals surface area contributed by atoms with Crippen LogP contribution >= 0.6 is 0 Å². The van der Waals surface area contributed by atoms with E-state index in [0.29, 0.717) is 0 Å². The second kappa shape index (κ2) is 10.6. The quantitative estimate of drug-likeness (QED) is 0.572. The third-order valence-electron chi connectivity index (χ3n) is 4.67. The zero-order valence-electron chi connectivity index (χ0n) is 15.2. The van der Waals surface area contributed by atoms with E-state index in [9.17, 15) is 0 Å². The minimum atomic E-state index is 0.252. The Morgan fingerprint density at radius 1 is 0.952 bits per heavy atom. The molecule has 1 N–H and O–H groups in total. The molecule has 0 saturated carbocycles. The standard InChI is InChI=1S/C19H40N2/c1-5-6-7-8-9-10-12-15-21-16-13-11-14-18(21)17-20-19(2,3)4/h18,20H,5-17H2,1-4H3. The molecule has 21 heavy (non-hydrogen) atoms. The summed E-state index contributed by atoms with van der Waals surface area (Å²) in [5.74, 6) is 0. The summed E-state index contributed by atoms with van der Waals surface area (Å²) in [5.41, 5.74) is 0.252. The van der Waals surface area contributed by atoms with Crippen LogP contribution in [0.5, 0.6) is 0 Å². The predicted octanol–water partition coefficient (Wildman–Crippen LogP) is 4.98. The van der Waals surface area contributed by atoms with Crippen molar-refractivity contribution in [1.82, 2.24) is 10.2 Å². The summed E-state index contributed by atoms with van der Waals surface area (Å²) in [7, 11) is 0. The van der Waals surface area contributed by atoms with Crippen molar-refractivity contribution in [2.45, 2.75) is 103 Å². The van der Waals surface area contributed by atoms with Crippen LogP contribution in [0.3, 0.4) is 0 Å². The van der Waals surface area contributed by atoms with Gasteiger partial charge in [-0.1, -0.05) is 51.9 Å². The fourth-order valence-electron chi connectivity index (χ4n) is 3.28. The molecular formula is C19H40N2. The van der Waals surface area contributed by atoms with Crippen LogP contribution in [0, 0.1) is 0 Å². The first-order valence-corrected chi connectivity index (χ1v) is 9.52. The second-order valence-corrected chi connectivity index (χ2v) is 7.94. The molecule has 1 aliphatic rings. The van der Waals surface area contributed by atoms with Crippen LogP contribution in [-0.2, 0) is 0 Å². The van der Waals surface area contributed by atoms with Crippen LogP contribution in [0.15, 0.2) is 0 Å². The van der Waals surface area contributed by atoms with Crippen LogP contribution in [0.2, 0.25) is 0 Å². The topological polar surface area (TPSA) is 15.3 Å². The maximum Gasteiger partial charge on any atom is 0.0220 e. The van der Waals surface area contributed by atoms with Gasteiger partial charge in [0.1, 0.15) is 0 Å². The molecule has 0 spiro atoms. The van der Waals surface area contributed by atoms with Gasteiger partial charge in [0.25, 0.3) is 0 Å². The molecule has 2 nitrogen and oxygen atoms in total. The monoisotopic (exact) mass is 296 g/mol. The number of nitrogens with zero attached hydrogens (tertiary/aromatic N) is 1. The summed E-state index contributed by atoms with van der Waals surface area (Å²) in [6.45, 7) is 12.9. The van der Waals surface area contributed by atoms with Crippen molar-refractivity contribution in [3.63, 3.8) is 0 Å². The lowest BCUT2D eigenvalue weighted by Crippen LogP contribution is -2.49. The maximum absolute atomic E-state index is 3.70. The van der Waals surface area contributed by atoms with Crippen LogP contribution < -0.4 is 5.32 Å². The summed E-state index contributed by atoms with van der Waals surface area (Å²) >= 11 is 0. The first-order chi connectivity index (χ1) is 10.0. The molecule has 0 amide bonds. The average molecular weight is 297 g/mol. The zero-order chi connectivity index (χ0) is 15.6. The molecule has 1 unspecified atom stereocenters. The highest BCUT2D eigenvalue weighted by atomic mass is 15.2. The third-order valence-corrected chi connectivity index (χ3v) is 4.67. The smallest absolute Gasteiger partial charge is 0.0220 e. The van der Waals surface area contributed by atoms with Gasteiger partial charge in [0.15, 0.2) is 0 Å². The first kappa shape index (κ1) is 19.0. The maximum atomic E-state index is 3.70. The minimum absolute atomic E-state index is 0.252. The number of hydrogen-bond acceptors (Lipinski definition) is 2. The summed E-state index contributed by atoms with van der Waals surface area (Å²) in [6.07, 6.45) is 14.2. The Kier molecular flexibility index (Phi) is 9.59.